The lowest BCUT2D eigenvalue weighted by Gasteiger charge is -2.10. The first-order chi connectivity index (χ1) is 7.09. The van der Waals surface area contributed by atoms with Gasteiger partial charge in [-0.3, -0.25) is 0 Å². The summed E-state index contributed by atoms with van der Waals surface area (Å²) in [4.78, 5) is 0. The molecule has 0 nitrogen and oxygen atoms in total. The van der Waals surface area contributed by atoms with Crippen LogP contribution in [0.4, 0.5) is 0 Å². The zero-order valence-corrected chi connectivity index (χ0v) is 10.1. The van der Waals surface area contributed by atoms with Gasteiger partial charge in [-0.2, -0.15) is 0 Å². The summed E-state index contributed by atoms with van der Waals surface area (Å²) in [7, 11) is 0. The highest BCUT2D eigenvalue weighted by Crippen LogP contribution is 2.21. The zero-order valence-electron chi connectivity index (χ0n) is 10.1. The van der Waals surface area contributed by atoms with Gasteiger partial charge in [0, 0.05) is 5.92 Å². The van der Waals surface area contributed by atoms with Gasteiger partial charge >= 0.3 is 0 Å². The standard InChI is InChI=1S/C15H20/c1-12(2)10-15(11-13(3)4)14-8-6-5-7-9-14/h5-11,15H,1-4H3. The molecule has 0 heterocycles. The van der Waals surface area contributed by atoms with E-state index in [2.05, 4.69) is 70.2 Å². The van der Waals surface area contributed by atoms with E-state index in [1.807, 2.05) is 0 Å². The Morgan fingerprint density at radius 3 is 1.73 bits per heavy atom. The first-order valence-corrected chi connectivity index (χ1v) is 5.44. The summed E-state index contributed by atoms with van der Waals surface area (Å²) in [6.07, 6.45) is 4.62. The monoisotopic (exact) mass is 200 g/mol. The van der Waals surface area contributed by atoms with E-state index in [0.717, 1.165) is 0 Å². The van der Waals surface area contributed by atoms with E-state index >= 15 is 0 Å². The molecule has 1 aromatic carbocycles. The van der Waals surface area contributed by atoms with Crippen LogP contribution in [0.5, 0.6) is 0 Å². The second-order valence-electron chi connectivity index (χ2n) is 4.42. The van der Waals surface area contributed by atoms with Crippen molar-refractivity contribution in [2.75, 3.05) is 0 Å². The molecule has 0 unspecified atom stereocenters. The van der Waals surface area contributed by atoms with Crippen molar-refractivity contribution < 1.29 is 0 Å². The second-order valence-corrected chi connectivity index (χ2v) is 4.42. The Labute approximate surface area is 93.3 Å². The first-order valence-electron chi connectivity index (χ1n) is 5.44. The van der Waals surface area contributed by atoms with Gasteiger partial charge in [0.15, 0.2) is 0 Å². The van der Waals surface area contributed by atoms with Crippen LogP contribution in [-0.2, 0) is 0 Å². The molecule has 0 aliphatic carbocycles. The largest absolute Gasteiger partial charge is 0.0795 e. The molecule has 0 saturated carbocycles. The van der Waals surface area contributed by atoms with Gasteiger partial charge in [-0.15, -0.1) is 0 Å². The van der Waals surface area contributed by atoms with Crippen molar-refractivity contribution >= 4 is 0 Å². The Morgan fingerprint density at radius 2 is 1.33 bits per heavy atom. The smallest absolute Gasteiger partial charge is 0.0203 e. The van der Waals surface area contributed by atoms with Crippen LogP contribution in [0.15, 0.2) is 53.6 Å². The molecular formula is C15H20. The van der Waals surface area contributed by atoms with Gasteiger partial charge in [-0.25, -0.2) is 0 Å². The Morgan fingerprint density at radius 1 is 0.867 bits per heavy atom. The average molecular weight is 200 g/mol. The molecule has 0 fully saturated rings. The number of hydrogen-bond donors (Lipinski definition) is 0. The Balaban J connectivity index is 3.02. The molecular weight excluding hydrogens is 180 g/mol. The maximum Gasteiger partial charge on any atom is 0.0203 e. The van der Waals surface area contributed by atoms with E-state index in [4.69, 9.17) is 0 Å². The number of benzene rings is 1. The normalized spacial score (nSPS) is 9.93. The predicted octanol–water partition coefficient (Wildman–Crippen LogP) is 4.70. The lowest BCUT2D eigenvalue weighted by Crippen LogP contribution is -1.92. The molecule has 0 aliphatic heterocycles. The minimum Gasteiger partial charge on any atom is -0.0795 e. The lowest BCUT2D eigenvalue weighted by molar-refractivity contribution is 1.04. The fourth-order valence-corrected chi connectivity index (χ4v) is 1.63. The van der Waals surface area contributed by atoms with Crippen LogP contribution in [0.2, 0.25) is 0 Å². The van der Waals surface area contributed by atoms with Crippen LogP contribution in [0, 0.1) is 0 Å². The molecule has 0 amide bonds. The summed E-state index contributed by atoms with van der Waals surface area (Å²) >= 11 is 0. The molecule has 0 atom stereocenters. The Bertz CT molecular complexity index is 329. The maximum absolute atomic E-state index is 2.31. The Hall–Kier alpha value is -1.30. The highest BCUT2D eigenvalue weighted by atomic mass is 14.1. The van der Waals surface area contributed by atoms with Crippen molar-refractivity contribution in [1.29, 1.82) is 0 Å². The van der Waals surface area contributed by atoms with Gasteiger partial charge in [0.25, 0.3) is 0 Å². The third-order valence-electron chi connectivity index (χ3n) is 2.21. The fourth-order valence-electron chi connectivity index (χ4n) is 1.63. The van der Waals surface area contributed by atoms with Gasteiger partial charge in [0.1, 0.15) is 0 Å². The third kappa shape index (κ3) is 4.16. The predicted molar refractivity (Wildman–Crippen MR) is 68.0 cm³/mol. The van der Waals surface area contributed by atoms with E-state index in [1.54, 1.807) is 0 Å². The molecule has 80 valence electrons. The fraction of sp³-hybridized carbons (Fsp3) is 0.333. The molecule has 0 spiro atoms. The van der Waals surface area contributed by atoms with Gasteiger partial charge < -0.3 is 0 Å². The third-order valence-corrected chi connectivity index (χ3v) is 2.21. The molecule has 0 aliphatic rings. The van der Waals surface area contributed by atoms with E-state index in [-0.39, 0.29) is 0 Å². The van der Waals surface area contributed by atoms with E-state index < -0.39 is 0 Å². The molecule has 0 saturated heterocycles. The van der Waals surface area contributed by atoms with Crippen molar-refractivity contribution in [3.63, 3.8) is 0 Å². The van der Waals surface area contributed by atoms with Crippen molar-refractivity contribution in [1.82, 2.24) is 0 Å². The van der Waals surface area contributed by atoms with E-state index in [1.165, 1.54) is 16.7 Å². The molecule has 0 radical (unpaired) electrons. The lowest BCUT2D eigenvalue weighted by atomic mass is 9.95. The van der Waals surface area contributed by atoms with Crippen molar-refractivity contribution in [2.24, 2.45) is 0 Å². The van der Waals surface area contributed by atoms with Crippen LogP contribution in [0.1, 0.15) is 39.2 Å². The quantitative estimate of drug-likeness (QED) is 0.620. The first kappa shape index (κ1) is 11.8. The highest BCUT2D eigenvalue weighted by molar-refractivity contribution is 5.30. The molecule has 1 aromatic rings. The van der Waals surface area contributed by atoms with Gasteiger partial charge in [0.2, 0.25) is 0 Å². The minimum absolute atomic E-state index is 0.418. The molecule has 0 heteroatoms. The number of hydrogen-bond acceptors (Lipinski definition) is 0. The van der Waals surface area contributed by atoms with E-state index in [9.17, 15) is 0 Å². The summed E-state index contributed by atoms with van der Waals surface area (Å²) in [5, 5.41) is 0. The Kier molecular flexibility index (Phi) is 4.36. The van der Waals surface area contributed by atoms with Crippen LogP contribution >= 0.6 is 0 Å². The van der Waals surface area contributed by atoms with Crippen molar-refractivity contribution in [2.45, 2.75) is 33.6 Å². The summed E-state index contributed by atoms with van der Waals surface area (Å²) in [6.45, 7) is 8.59. The van der Waals surface area contributed by atoms with Gasteiger partial charge in [-0.1, -0.05) is 53.6 Å². The molecule has 0 aromatic heterocycles. The summed E-state index contributed by atoms with van der Waals surface area (Å²) in [5.74, 6) is 0.418. The molecule has 1 rings (SSSR count). The topological polar surface area (TPSA) is 0 Å². The van der Waals surface area contributed by atoms with Crippen molar-refractivity contribution in [3.8, 4) is 0 Å². The van der Waals surface area contributed by atoms with Crippen LogP contribution in [0.3, 0.4) is 0 Å². The summed E-state index contributed by atoms with van der Waals surface area (Å²) < 4.78 is 0. The zero-order chi connectivity index (χ0) is 11.3. The summed E-state index contributed by atoms with van der Waals surface area (Å²) in [6, 6.07) is 10.6. The number of allylic oxidation sites excluding steroid dienone is 4. The van der Waals surface area contributed by atoms with Crippen LogP contribution < -0.4 is 0 Å². The van der Waals surface area contributed by atoms with Crippen LogP contribution in [0.25, 0.3) is 0 Å². The molecule has 15 heavy (non-hydrogen) atoms. The van der Waals surface area contributed by atoms with Gasteiger partial charge in [0.05, 0.1) is 0 Å². The van der Waals surface area contributed by atoms with Crippen LogP contribution in [-0.4, -0.2) is 0 Å². The average Bonchev–Trinajstić information content (AvgIpc) is 2.17. The molecule has 0 bridgehead atoms. The number of rotatable bonds is 3. The maximum atomic E-state index is 2.31. The highest BCUT2D eigenvalue weighted by Gasteiger charge is 2.03. The second kappa shape index (κ2) is 5.55. The molecule has 0 N–H and O–H groups in total. The van der Waals surface area contributed by atoms with Crippen molar-refractivity contribution in [3.05, 3.63) is 59.2 Å². The SMILES string of the molecule is CC(C)=CC(C=C(C)C)c1ccccc1. The van der Waals surface area contributed by atoms with Gasteiger partial charge in [-0.05, 0) is 33.3 Å². The van der Waals surface area contributed by atoms with E-state index in [0.29, 0.717) is 5.92 Å². The minimum atomic E-state index is 0.418. The summed E-state index contributed by atoms with van der Waals surface area (Å²) in [5.41, 5.74) is 4.09.